The first-order chi connectivity index (χ1) is 8.99. The normalized spacial score (nSPS) is 23.8. The maximum atomic E-state index is 2.64. The first-order valence-corrected chi connectivity index (χ1v) is 7.53. The third-order valence-electron chi connectivity index (χ3n) is 4.44. The summed E-state index contributed by atoms with van der Waals surface area (Å²) in [5.41, 5.74) is 2.91. The first-order valence-electron chi connectivity index (χ1n) is 7.53. The fourth-order valence-electron chi connectivity index (χ4n) is 3.10. The van der Waals surface area contributed by atoms with Crippen LogP contribution >= 0.6 is 0 Å². The summed E-state index contributed by atoms with van der Waals surface area (Å²) < 4.78 is 0. The largest absolute Gasteiger partial charge is 0.304 e. The Hall–Kier alpha value is -0.860. The molecular weight excluding hydrogens is 232 g/mol. The van der Waals surface area contributed by atoms with Crippen LogP contribution in [0, 0.1) is 0 Å². The molecule has 2 heteroatoms. The molecule has 2 rings (SSSR count). The van der Waals surface area contributed by atoms with E-state index in [-0.39, 0.29) is 0 Å². The monoisotopic (exact) mass is 260 g/mol. The zero-order chi connectivity index (χ0) is 14.0. The average Bonchev–Trinajstić information content (AvgIpc) is 2.38. The van der Waals surface area contributed by atoms with E-state index in [0.29, 0.717) is 18.0 Å². The predicted octanol–water partition coefficient (Wildman–Crippen LogP) is 3.51. The molecule has 19 heavy (non-hydrogen) atoms. The van der Waals surface area contributed by atoms with Gasteiger partial charge in [-0.25, -0.2) is 0 Å². The van der Waals surface area contributed by atoms with Gasteiger partial charge >= 0.3 is 0 Å². The Labute approximate surface area is 118 Å². The fourth-order valence-corrected chi connectivity index (χ4v) is 3.10. The lowest BCUT2D eigenvalue weighted by molar-refractivity contribution is 0.0673. The SMILES string of the molecule is CC(C)c1cccc(C(C)N2CCN(C)CC2C)c1. The molecular formula is C17H28N2. The molecule has 0 N–H and O–H groups in total. The number of benzene rings is 1. The van der Waals surface area contributed by atoms with Crippen LogP contribution in [0.1, 0.15) is 50.8 Å². The molecule has 1 heterocycles. The van der Waals surface area contributed by atoms with E-state index in [0.717, 1.165) is 0 Å². The van der Waals surface area contributed by atoms with Gasteiger partial charge in [-0.3, -0.25) is 4.90 Å². The Morgan fingerprint density at radius 3 is 2.42 bits per heavy atom. The summed E-state index contributed by atoms with van der Waals surface area (Å²) in [6, 6.07) is 10.3. The van der Waals surface area contributed by atoms with Crippen molar-refractivity contribution < 1.29 is 0 Å². The van der Waals surface area contributed by atoms with Crippen molar-refractivity contribution in [3.8, 4) is 0 Å². The Morgan fingerprint density at radius 2 is 1.79 bits per heavy atom. The molecule has 0 aliphatic carbocycles. The number of likely N-dealkylation sites (N-methyl/N-ethyl adjacent to an activating group) is 1. The van der Waals surface area contributed by atoms with Crippen molar-refractivity contribution in [3.63, 3.8) is 0 Å². The van der Waals surface area contributed by atoms with Crippen LogP contribution in [0.5, 0.6) is 0 Å². The van der Waals surface area contributed by atoms with Crippen LogP contribution in [0.3, 0.4) is 0 Å². The van der Waals surface area contributed by atoms with E-state index in [1.165, 1.54) is 30.8 Å². The van der Waals surface area contributed by atoms with E-state index in [2.05, 4.69) is 68.8 Å². The molecule has 1 fully saturated rings. The number of hydrogen-bond donors (Lipinski definition) is 0. The molecule has 1 aromatic rings. The molecule has 2 nitrogen and oxygen atoms in total. The first kappa shape index (κ1) is 14.5. The Kier molecular flexibility index (Phi) is 4.64. The smallest absolute Gasteiger partial charge is 0.0323 e. The van der Waals surface area contributed by atoms with Crippen LogP contribution < -0.4 is 0 Å². The van der Waals surface area contributed by atoms with Crippen LogP contribution in [0.4, 0.5) is 0 Å². The maximum Gasteiger partial charge on any atom is 0.0323 e. The van der Waals surface area contributed by atoms with Gasteiger partial charge in [0.2, 0.25) is 0 Å². The highest BCUT2D eigenvalue weighted by Gasteiger charge is 2.26. The number of nitrogens with zero attached hydrogens (tertiary/aromatic N) is 2. The van der Waals surface area contributed by atoms with Gasteiger partial charge in [0, 0.05) is 31.7 Å². The van der Waals surface area contributed by atoms with E-state index in [4.69, 9.17) is 0 Å². The minimum Gasteiger partial charge on any atom is -0.304 e. The average molecular weight is 260 g/mol. The zero-order valence-corrected chi connectivity index (χ0v) is 13.1. The quantitative estimate of drug-likeness (QED) is 0.820. The minimum absolute atomic E-state index is 0.516. The molecule has 0 amide bonds. The second kappa shape index (κ2) is 6.06. The highest BCUT2D eigenvalue weighted by atomic mass is 15.3. The molecule has 1 aliphatic rings. The number of hydrogen-bond acceptors (Lipinski definition) is 2. The molecule has 0 saturated carbocycles. The van der Waals surface area contributed by atoms with Gasteiger partial charge in [-0.1, -0.05) is 38.1 Å². The van der Waals surface area contributed by atoms with Crippen molar-refractivity contribution in [2.45, 2.75) is 45.7 Å². The minimum atomic E-state index is 0.516. The molecule has 1 aliphatic heterocycles. The second-order valence-electron chi connectivity index (χ2n) is 6.35. The molecule has 0 radical (unpaired) electrons. The van der Waals surface area contributed by atoms with E-state index >= 15 is 0 Å². The predicted molar refractivity (Wildman–Crippen MR) is 82.6 cm³/mol. The third kappa shape index (κ3) is 3.37. The van der Waals surface area contributed by atoms with Crippen LogP contribution in [-0.4, -0.2) is 42.5 Å². The van der Waals surface area contributed by atoms with Gasteiger partial charge in [0.05, 0.1) is 0 Å². The zero-order valence-electron chi connectivity index (χ0n) is 13.1. The third-order valence-corrected chi connectivity index (χ3v) is 4.44. The summed E-state index contributed by atoms with van der Waals surface area (Å²) in [6.45, 7) is 12.8. The molecule has 1 saturated heterocycles. The van der Waals surface area contributed by atoms with Gasteiger partial charge in [0.25, 0.3) is 0 Å². The summed E-state index contributed by atoms with van der Waals surface area (Å²) in [5.74, 6) is 0.608. The van der Waals surface area contributed by atoms with Crippen LogP contribution in [0.15, 0.2) is 24.3 Å². The highest BCUT2D eigenvalue weighted by Crippen LogP contribution is 2.27. The van der Waals surface area contributed by atoms with Gasteiger partial charge in [0.15, 0.2) is 0 Å². The van der Waals surface area contributed by atoms with Gasteiger partial charge in [-0.15, -0.1) is 0 Å². The van der Waals surface area contributed by atoms with Gasteiger partial charge in [-0.2, -0.15) is 0 Å². The summed E-state index contributed by atoms with van der Waals surface area (Å²) >= 11 is 0. The van der Waals surface area contributed by atoms with Crippen molar-refractivity contribution in [3.05, 3.63) is 35.4 Å². The lowest BCUT2D eigenvalue weighted by Gasteiger charge is -2.42. The lowest BCUT2D eigenvalue weighted by atomic mass is 9.96. The van der Waals surface area contributed by atoms with Crippen LogP contribution in [-0.2, 0) is 0 Å². The standard InChI is InChI=1S/C17H28N2/c1-13(2)16-7-6-8-17(11-16)15(4)19-10-9-18(5)12-14(19)3/h6-8,11,13-15H,9-10,12H2,1-5H3. The molecule has 106 valence electrons. The molecule has 0 aromatic heterocycles. The Bertz CT molecular complexity index is 413. The molecule has 2 atom stereocenters. The van der Waals surface area contributed by atoms with E-state index in [1.54, 1.807) is 0 Å². The fraction of sp³-hybridized carbons (Fsp3) is 0.647. The molecule has 0 bridgehead atoms. The summed E-state index contributed by atoms with van der Waals surface area (Å²) in [6.07, 6.45) is 0. The molecule has 1 aromatic carbocycles. The van der Waals surface area contributed by atoms with E-state index in [1.807, 2.05) is 0 Å². The maximum absolute atomic E-state index is 2.64. The van der Waals surface area contributed by atoms with Gasteiger partial charge in [-0.05, 0) is 37.9 Å². The van der Waals surface area contributed by atoms with Crippen molar-refractivity contribution in [1.29, 1.82) is 0 Å². The van der Waals surface area contributed by atoms with Crippen molar-refractivity contribution in [2.24, 2.45) is 0 Å². The van der Waals surface area contributed by atoms with Crippen molar-refractivity contribution in [2.75, 3.05) is 26.7 Å². The Morgan fingerprint density at radius 1 is 1.11 bits per heavy atom. The highest BCUT2D eigenvalue weighted by molar-refractivity contribution is 5.28. The Balaban J connectivity index is 2.14. The summed E-state index contributed by atoms with van der Waals surface area (Å²) in [4.78, 5) is 5.07. The number of piperazine rings is 1. The van der Waals surface area contributed by atoms with Crippen LogP contribution in [0.25, 0.3) is 0 Å². The number of rotatable bonds is 3. The molecule has 0 spiro atoms. The summed E-state index contributed by atoms with van der Waals surface area (Å²) in [5, 5.41) is 0. The van der Waals surface area contributed by atoms with Gasteiger partial charge in [0.1, 0.15) is 0 Å². The van der Waals surface area contributed by atoms with Crippen molar-refractivity contribution >= 4 is 0 Å². The van der Waals surface area contributed by atoms with E-state index < -0.39 is 0 Å². The second-order valence-corrected chi connectivity index (χ2v) is 6.35. The molecule has 2 unspecified atom stereocenters. The lowest BCUT2D eigenvalue weighted by Crippen LogP contribution is -2.51. The van der Waals surface area contributed by atoms with Gasteiger partial charge < -0.3 is 4.90 Å². The van der Waals surface area contributed by atoms with Crippen molar-refractivity contribution in [1.82, 2.24) is 9.80 Å². The van der Waals surface area contributed by atoms with Crippen LogP contribution in [0.2, 0.25) is 0 Å². The van der Waals surface area contributed by atoms with E-state index in [9.17, 15) is 0 Å². The topological polar surface area (TPSA) is 6.48 Å². The summed E-state index contributed by atoms with van der Waals surface area (Å²) in [7, 11) is 2.22.